The van der Waals surface area contributed by atoms with E-state index in [4.69, 9.17) is 9.47 Å². The summed E-state index contributed by atoms with van der Waals surface area (Å²) in [5.41, 5.74) is -0.669. The number of amides is 2. The van der Waals surface area contributed by atoms with Gasteiger partial charge < -0.3 is 19.3 Å². The van der Waals surface area contributed by atoms with Gasteiger partial charge in [0.25, 0.3) is 5.91 Å². The van der Waals surface area contributed by atoms with Gasteiger partial charge in [0.15, 0.2) is 12.3 Å². The molecule has 3 aliphatic heterocycles. The number of carbonyl (C=O) groups is 2. The molecule has 0 saturated carbocycles. The van der Waals surface area contributed by atoms with E-state index < -0.39 is 5.72 Å². The van der Waals surface area contributed by atoms with Crippen LogP contribution < -0.4 is 4.74 Å². The molecule has 0 aliphatic carbocycles. The van der Waals surface area contributed by atoms with E-state index in [0.717, 1.165) is 0 Å². The van der Waals surface area contributed by atoms with Crippen LogP contribution in [0.25, 0.3) is 0 Å². The van der Waals surface area contributed by atoms with Gasteiger partial charge in [0, 0.05) is 13.0 Å². The SMILES string of the molecule is CC(C)[C@@H]1CO[C@@]23CCN(C(=O)COc4ccc(F)cc4)[C@@H]2CC(=O)N13. The summed E-state index contributed by atoms with van der Waals surface area (Å²) in [4.78, 5) is 28.9. The van der Waals surface area contributed by atoms with Crippen LogP contribution >= 0.6 is 0 Å². The Labute approximate surface area is 151 Å². The van der Waals surface area contributed by atoms with Crippen molar-refractivity contribution in [3.05, 3.63) is 30.1 Å². The normalized spacial score (nSPS) is 30.1. The fourth-order valence-corrected chi connectivity index (χ4v) is 4.43. The van der Waals surface area contributed by atoms with Gasteiger partial charge in [0.05, 0.1) is 25.1 Å². The lowest BCUT2D eigenvalue weighted by molar-refractivity contribution is -0.142. The van der Waals surface area contributed by atoms with Crippen LogP contribution in [-0.2, 0) is 14.3 Å². The van der Waals surface area contributed by atoms with Gasteiger partial charge in [0.2, 0.25) is 5.91 Å². The second-order valence-electron chi connectivity index (χ2n) is 7.53. The summed E-state index contributed by atoms with van der Waals surface area (Å²) in [6, 6.07) is 5.36. The molecule has 3 heterocycles. The molecule has 0 unspecified atom stereocenters. The minimum absolute atomic E-state index is 0.0585. The number of hydrogen-bond donors (Lipinski definition) is 0. The van der Waals surface area contributed by atoms with E-state index in [0.29, 0.717) is 37.7 Å². The number of hydrogen-bond acceptors (Lipinski definition) is 4. The van der Waals surface area contributed by atoms with Crippen molar-refractivity contribution in [2.24, 2.45) is 5.92 Å². The fourth-order valence-electron chi connectivity index (χ4n) is 4.43. The zero-order chi connectivity index (χ0) is 18.5. The number of likely N-dealkylation sites (tertiary alicyclic amines) is 1. The Kier molecular flexibility index (Phi) is 4.14. The maximum atomic E-state index is 12.9. The molecule has 3 aliphatic rings. The van der Waals surface area contributed by atoms with Crippen LogP contribution in [0.2, 0.25) is 0 Å². The van der Waals surface area contributed by atoms with Gasteiger partial charge >= 0.3 is 0 Å². The van der Waals surface area contributed by atoms with Gasteiger partial charge in [-0.1, -0.05) is 13.8 Å². The molecule has 0 bridgehead atoms. The van der Waals surface area contributed by atoms with Crippen LogP contribution in [0.5, 0.6) is 5.75 Å². The number of nitrogens with zero attached hydrogens (tertiary/aromatic N) is 2. The van der Waals surface area contributed by atoms with E-state index in [-0.39, 0.29) is 36.3 Å². The molecule has 6 nitrogen and oxygen atoms in total. The highest BCUT2D eigenvalue weighted by atomic mass is 19.1. The third-order valence-corrected chi connectivity index (χ3v) is 5.75. The average molecular weight is 362 g/mol. The van der Waals surface area contributed by atoms with Gasteiger partial charge in [-0.15, -0.1) is 0 Å². The summed E-state index contributed by atoms with van der Waals surface area (Å²) >= 11 is 0. The minimum atomic E-state index is -0.669. The van der Waals surface area contributed by atoms with Gasteiger partial charge in [-0.3, -0.25) is 9.59 Å². The largest absolute Gasteiger partial charge is 0.484 e. The molecular formula is C19H23FN2O4. The first-order valence-electron chi connectivity index (χ1n) is 9.06. The van der Waals surface area contributed by atoms with Crippen molar-refractivity contribution in [1.29, 1.82) is 0 Å². The Morgan fingerprint density at radius 2 is 2.12 bits per heavy atom. The maximum absolute atomic E-state index is 12.9. The molecule has 1 spiro atoms. The molecule has 7 heteroatoms. The Morgan fingerprint density at radius 3 is 2.81 bits per heavy atom. The molecule has 3 saturated heterocycles. The van der Waals surface area contributed by atoms with Crippen LogP contribution in [0.4, 0.5) is 4.39 Å². The third-order valence-electron chi connectivity index (χ3n) is 5.75. The Balaban J connectivity index is 1.46. The minimum Gasteiger partial charge on any atom is -0.484 e. The number of benzene rings is 1. The quantitative estimate of drug-likeness (QED) is 0.819. The standard InChI is InChI=1S/C19H23FN2O4/c1-12(2)15-10-26-19-7-8-21(16(19)9-17(23)22(15)19)18(24)11-25-14-5-3-13(20)4-6-14/h3-6,12,15-16H,7-11H2,1-2H3/t15-,16+,19-/m0/s1. The highest BCUT2D eigenvalue weighted by Gasteiger charge is 2.65. The molecule has 2 amide bonds. The summed E-state index contributed by atoms with van der Waals surface area (Å²) in [6.07, 6.45) is 0.931. The van der Waals surface area contributed by atoms with Crippen LogP contribution in [0.15, 0.2) is 24.3 Å². The van der Waals surface area contributed by atoms with Crippen LogP contribution in [-0.4, -0.2) is 59.2 Å². The Morgan fingerprint density at radius 1 is 1.38 bits per heavy atom. The first-order chi connectivity index (χ1) is 12.4. The topological polar surface area (TPSA) is 59.1 Å². The molecule has 1 aromatic rings. The fraction of sp³-hybridized carbons (Fsp3) is 0.579. The number of rotatable bonds is 4. The van der Waals surface area contributed by atoms with E-state index in [1.807, 2.05) is 4.90 Å². The maximum Gasteiger partial charge on any atom is 0.260 e. The molecule has 3 fully saturated rings. The van der Waals surface area contributed by atoms with Gasteiger partial charge in [0.1, 0.15) is 11.6 Å². The number of carbonyl (C=O) groups excluding carboxylic acids is 2. The zero-order valence-electron chi connectivity index (χ0n) is 15.0. The third kappa shape index (κ3) is 2.57. The number of halogens is 1. The highest BCUT2D eigenvalue weighted by Crippen LogP contribution is 2.48. The molecule has 26 heavy (non-hydrogen) atoms. The highest BCUT2D eigenvalue weighted by molar-refractivity contribution is 5.85. The lowest BCUT2D eigenvalue weighted by Crippen LogP contribution is -2.51. The van der Waals surface area contributed by atoms with Crippen LogP contribution in [0, 0.1) is 11.7 Å². The lowest BCUT2D eigenvalue weighted by Gasteiger charge is -2.34. The van der Waals surface area contributed by atoms with E-state index in [1.54, 1.807) is 4.90 Å². The van der Waals surface area contributed by atoms with Crippen molar-refractivity contribution in [3.8, 4) is 5.75 Å². The predicted octanol–water partition coefficient (Wildman–Crippen LogP) is 1.79. The van der Waals surface area contributed by atoms with Crippen molar-refractivity contribution in [2.45, 2.75) is 44.5 Å². The van der Waals surface area contributed by atoms with E-state index in [9.17, 15) is 14.0 Å². The molecule has 0 aromatic heterocycles. The van der Waals surface area contributed by atoms with Crippen molar-refractivity contribution in [2.75, 3.05) is 19.8 Å². The predicted molar refractivity (Wildman–Crippen MR) is 90.8 cm³/mol. The summed E-state index contributed by atoms with van der Waals surface area (Å²) in [7, 11) is 0. The smallest absolute Gasteiger partial charge is 0.260 e. The Hall–Kier alpha value is -2.15. The summed E-state index contributed by atoms with van der Waals surface area (Å²) in [5.74, 6) is 0.275. The zero-order valence-corrected chi connectivity index (χ0v) is 15.0. The molecule has 0 N–H and O–H groups in total. The Bertz CT molecular complexity index is 723. The first kappa shape index (κ1) is 17.3. The van der Waals surface area contributed by atoms with Gasteiger partial charge in [-0.2, -0.15) is 0 Å². The van der Waals surface area contributed by atoms with Crippen LogP contribution in [0.1, 0.15) is 26.7 Å². The molecule has 4 rings (SSSR count). The van der Waals surface area contributed by atoms with Crippen molar-refractivity contribution in [1.82, 2.24) is 9.80 Å². The molecule has 0 radical (unpaired) electrons. The second kappa shape index (κ2) is 6.23. The van der Waals surface area contributed by atoms with E-state index in [2.05, 4.69) is 13.8 Å². The molecule has 1 aromatic carbocycles. The van der Waals surface area contributed by atoms with Gasteiger partial charge in [-0.05, 0) is 30.2 Å². The van der Waals surface area contributed by atoms with Crippen molar-refractivity contribution >= 4 is 11.8 Å². The second-order valence-corrected chi connectivity index (χ2v) is 7.53. The first-order valence-corrected chi connectivity index (χ1v) is 9.06. The number of ether oxygens (including phenoxy) is 2. The monoisotopic (exact) mass is 362 g/mol. The van der Waals surface area contributed by atoms with Gasteiger partial charge in [-0.25, -0.2) is 4.39 Å². The lowest BCUT2D eigenvalue weighted by atomic mass is 10.0. The van der Waals surface area contributed by atoms with Crippen LogP contribution in [0.3, 0.4) is 0 Å². The molecule has 3 atom stereocenters. The van der Waals surface area contributed by atoms with Crippen molar-refractivity contribution < 1.29 is 23.5 Å². The molecule has 140 valence electrons. The van der Waals surface area contributed by atoms with E-state index in [1.165, 1.54) is 24.3 Å². The molecular weight excluding hydrogens is 339 g/mol. The summed E-state index contributed by atoms with van der Waals surface area (Å²) in [5, 5.41) is 0. The van der Waals surface area contributed by atoms with Crippen molar-refractivity contribution in [3.63, 3.8) is 0 Å². The average Bonchev–Trinajstić information content (AvgIpc) is 3.23. The summed E-state index contributed by atoms with van der Waals surface area (Å²) < 4.78 is 24.5. The van der Waals surface area contributed by atoms with E-state index >= 15 is 0 Å². The summed E-state index contributed by atoms with van der Waals surface area (Å²) in [6.45, 7) is 5.10.